The van der Waals surface area contributed by atoms with Crippen LogP contribution in [0.3, 0.4) is 0 Å². The Bertz CT molecular complexity index is 1010. The first-order valence-electron chi connectivity index (χ1n) is 8.90. The van der Waals surface area contributed by atoms with E-state index in [0.29, 0.717) is 6.04 Å². The minimum atomic E-state index is 0.604. The number of aromatic nitrogens is 3. The highest BCUT2D eigenvalue weighted by Gasteiger charge is 2.15. The molecule has 1 N–H and O–H groups in total. The van der Waals surface area contributed by atoms with E-state index in [1.807, 2.05) is 6.20 Å². The van der Waals surface area contributed by atoms with E-state index >= 15 is 0 Å². The standard InChI is InChI=1S/C19H20N4S2/c1-2-4-14(5-3-1)21-18-22-16-7-6-13(11-17(16)25-18)10-15-12-20-19-23(15)8-9-24-19/h6-9,11-12,14H,1-5,10H2,(H,21,22). The molecule has 0 spiro atoms. The molecule has 0 bridgehead atoms. The SMILES string of the molecule is c1cn2c(Cc3ccc4nc(NC5CCCCC5)sc4c3)cnc2s1. The van der Waals surface area contributed by atoms with E-state index in [2.05, 4.69) is 44.5 Å². The van der Waals surface area contributed by atoms with Gasteiger partial charge in [0.1, 0.15) is 0 Å². The smallest absolute Gasteiger partial charge is 0.193 e. The number of nitrogens with zero attached hydrogens (tertiary/aromatic N) is 3. The first kappa shape index (κ1) is 15.3. The summed E-state index contributed by atoms with van der Waals surface area (Å²) < 4.78 is 3.44. The molecule has 1 saturated carbocycles. The van der Waals surface area contributed by atoms with Crippen molar-refractivity contribution in [2.75, 3.05) is 5.32 Å². The van der Waals surface area contributed by atoms with Crippen molar-refractivity contribution in [1.82, 2.24) is 14.4 Å². The zero-order chi connectivity index (χ0) is 16.6. The van der Waals surface area contributed by atoms with Crippen LogP contribution in [0.4, 0.5) is 5.13 Å². The summed E-state index contributed by atoms with van der Waals surface area (Å²) in [5.41, 5.74) is 3.65. The Morgan fingerprint density at radius 3 is 3.04 bits per heavy atom. The molecule has 25 heavy (non-hydrogen) atoms. The van der Waals surface area contributed by atoms with Crippen LogP contribution >= 0.6 is 22.7 Å². The van der Waals surface area contributed by atoms with E-state index in [4.69, 9.17) is 4.98 Å². The molecule has 0 unspecified atom stereocenters. The Balaban J connectivity index is 1.38. The number of hydrogen-bond acceptors (Lipinski definition) is 5. The van der Waals surface area contributed by atoms with Crippen molar-refractivity contribution in [3.63, 3.8) is 0 Å². The third-order valence-electron chi connectivity index (χ3n) is 4.99. The van der Waals surface area contributed by atoms with Crippen LogP contribution in [0.1, 0.15) is 43.4 Å². The molecule has 0 aliphatic heterocycles. The Labute approximate surface area is 154 Å². The average Bonchev–Trinajstić information content (AvgIpc) is 3.32. The molecule has 3 heterocycles. The summed E-state index contributed by atoms with van der Waals surface area (Å²) in [6.07, 6.45) is 11.6. The van der Waals surface area contributed by atoms with Crippen LogP contribution in [0, 0.1) is 0 Å². The molecule has 6 heteroatoms. The molecule has 0 amide bonds. The minimum Gasteiger partial charge on any atom is -0.359 e. The molecule has 128 valence electrons. The maximum absolute atomic E-state index is 4.78. The predicted molar refractivity (Wildman–Crippen MR) is 106 cm³/mol. The molecule has 1 fully saturated rings. The van der Waals surface area contributed by atoms with Gasteiger partial charge in [0.15, 0.2) is 10.1 Å². The summed E-state index contributed by atoms with van der Waals surface area (Å²) in [6, 6.07) is 7.23. The van der Waals surface area contributed by atoms with Crippen LogP contribution in [0.25, 0.3) is 15.2 Å². The van der Waals surface area contributed by atoms with E-state index in [-0.39, 0.29) is 0 Å². The van der Waals surface area contributed by atoms with Crippen LogP contribution in [-0.2, 0) is 6.42 Å². The van der Waals surface area contributed by atoms with Gasteiger partial charge in [0.05, 0.1) is 16.4 Å². The zero-order valence-corrected chi connectivity index (χ0v) is 15.6. The van der Waals surface area contributed by atoms with E-state index in [1.54, 1.807) is 22.7 Å². The number of benzene rings is 1. The molecule has 0 atom stereocenters. The fourth-order valence-corrected chi connectivity index (χ4v) is 5.39. The molecule has 4 aromatic rings. The Morgan fingerprint density at radius 2 is 2.12 bits per heavy atom. The largest absolute Gasteiger partial charge is 0.359 e. The summed E-state index contributed by atoms with van der Waals surface area (Å²) in [4.78, 5) is 10.3. The van der Waals surface area contributed by atoms with Crippen molar-refractivity contribution in [2.45, 2.75) is 44.6 Å². The molecule has 0 saturated heterocycles. The van der Waals surface area contributed by atoms with E-state index in [9.17, 15) is 0 Å². The highest BCUT2D eigenvalue weighted by atomic mass is 32.1. The monoisotopic (exact) mass is 368 g/mol. The highest BCUT2D eigenvalue weighted by molar-refractivity contribution is 7.22. The van der Waals surface area contributed by atoms with Crippen molar-refractivity contribution in [2.24, 2.45) is 0 Å². The number of imidazole rings is 1. The van der Waals surface area contributed by atoms with Gasteiger partial charge in [-0.25, -0.2) is 9.97 Å². The Morgan fingerprint density at radius 1 is 1.20 bits per heavy atom. The maximum atomic E-state index is 4.78. The summed E-state index contributed by atoms with van der Waals surface area (Å²) in [5, 5.41) is 6.81. The van der Waals surface area contributed by atoms with Crippen LogP contribution < -0.4 is 5.32 Å². The second-order valence-corrected chi connectivity index (χ2v) is 8.69. The number of fused-ring (bicyclic) bond motifs is 2. The normalized spacial score (nSPS) is 16.0. The molecule has 1 aliphatic rings. The Hall–Kier alpha value is -1.92. The van der Waals surface area contributed by atoms with Crippen molar-refractivity contribution < 1.29 is 0 Å². The van der Waals surface area contributed by atoms with Crippen molar-refractivity contribution in [1.29, 1.82) is 0 Å². The lowest BCUT2D eigenvalue weighted by molar-refractivity contribution is 0.462. The van der Waals surface area contributed by atoms with Crippen molar-refractivity contribution >= 4 is 43.0 Å². The quantitative estimate of drug-likeness (QED) is 0.528. The van der Waals surface area contributed by atoms with Gasteiger partial charge in [-0.3, -0.25) is 4.40 Å². The van der Waals surface area contributed by atoms with Crippen LogP contribution in [0.15, 0.2) is 36.0 Å². The molecule has 1 aromatic carbocycles. The summed E-state index contributed by atoms with van der Waals surface area (Å²) in [6.45, 7) is 0. The summed E-state index contributed by atoms with van der Waals surface area (Å²) >= 11 is 3.46. The third-order valence-corrected chi connectivity index (χ3v) is 6.71. The summed E-state index contributed by atoms with van der Waals surface area (Å²) in [7, 11) is 0. The van der Waals surface area contributed by atoms with Crippen molar-refractivity contribution in [3.8, 4) is 0 Å². The highest BCUT2D eigenvalue weighted by Crippen LogP contribution is 2.30. The fraction of sp³-hybridized carbons (Fsp3) is 0.368. The van der Waals surface area contributed by atoms with E-state index < -0.39 is 0 Å². The van der Waals surface area contributed by atoms with Crippen LogP contribution in [-0.4, -0.2) is 20.4 Å². The first-order chi connectivity index (χ1) is 12.3. The zero-order valence-electron chi connectivity index (χ0n) is 13.9. The van der Waals surface area contributed by atoms with Gasteiger partial charge in [-0.05, 0) is 30.5 Å². The van der Waals surface area contributed by atoms with Gasteiger partial charge in [-0.2, -0.15) is 0 Å². The lowest BCUT2D eigenvalue weighted by Crippen LogP contribution is -2.21. The molecule has 1 aliphatic carbocycles. The number of nitrogens with one attached hydrogen (secondary N) is 1. The summed E-state index contributed by atoms with van der Waals surface area (Å²) in [5.74, 6) is 0. The lowest BCUT2D eigenvalue weighted by atomic mass is 9.96. The molecule has 5 rings (SSSR count). The lowest BCUT2D eigenvalue weighted by Gasteiger charge is -2.22. The van der Waals surface area contributed by atoms with Crippen molar-refractivity contribution in [3.05, 3.63) is 47.2 Å². The maximum Gasteiger partial charge on any atom is 0.193 e. The van der Waals surface area contributed by atoms with Gasteiger partial charge in [0.25, 0.3) is 0 Å². The predicted octanol–water partition coefficient (Wildman–Crippen LogP) is 5.34. The number of rotatable bonds is 4. The second-order valence-electron chi connectivity index (χ2n) is 6.78. The minimum absolute atomic E-state index is 0.604. The van der Waals surface area contributed by atoms with Gasteiger partial charge in [0.2, 0.25) is 0 Å². The van der Waals surface area contributed by atoms with Gasteiger partial charge in [0, 0.05) is 29.7 Å². The molecule has 0 radical (unpaired) electrons. The number of thiazole rings is 2. The van der Waals surface area contributed by atoms with Crippen LogP contribution in [0.5, 0.6) is 0 Å². The average molecular weight is 369 g/mol. The molecular weight excluding hydrogens is 348 g/mol. The first-order valence-corrected chi connectivity index (χ1v) is 10.6. The number of hydrogen-bond donors (Lipinski definition) is 1. The fourth-order valence-electron chi connectivity index (χ4n) is 3.68. The third kappa shape index (κ3) is 3.04. The van der Waals surface area contributed by atoms with Gasteiger partial charge in [-0.1, -0.05) is 36.7 Å². The molecular formula is C19H20N4S2. The molecule has 3 aromatic heterocycles. The molecule has 4 nitrogen and oxygen atoms in total. The Kier molecular flexibility index (Phi) is 3.94. The topological polar surface area (TPSA) is 42.2 Å². The van der Waals surface area contributed by atoms with E-state index in [1.165, 1.54) is 48.1 Å². The second kappa shape index (κ2) is 6.42. The van der Waals surface area contributed by atoms with E-state index in [0.717, 1.165) is 22.0 Å². The van der Waals surface area contributed by atoms with Gasteiger partial charge < -0.3 is 5.32 Å². The van der Waals surface area contributed by atoms with Crippen LogP contribution in [0.2, 0.25) is 0 Å². The van der Waals surface area contributed by atoms with Gasteiger partial charge >= 0.3 is 0 Å². The van der Waals surface area contributed by atoms with Gasteiger partial charge in [-0.15, -0.1) is 11.3 Å². The number of anilines is 1.